The highest BCUT2D eigenvalue weighted by Crippen LogP contribution is 2.79. The van der Waals surface area contributed by atoms with Crippen molar-refractivity contribution in [3.8, 4) is 0 Å². The highest BCUT2D eigenvalue weighted by molar-refractivity contribution is 7.08. The molecule has 2 aromatic rings. The third-order valence-corrected chi connectivity index (χ3v) is 9.66. The predicted octanol–water partition coefficient (Wildman–Crippen LogP) is 6.96. The summed E-state index contributed by atoms with van der Waals surface area (Å²) in [6, 6.07) is 12.5. The molecule has 3 heteroatoms. The van der Waals surface area contributed by atoms with Crippen molar-refractivity contribution in [2.45, 2.75) is 47.0 Å². The lowest BCUT2D eigenvalue weighted by Gasteiger charge is -2.50. The summed E-state index contributed by atoms with van der Waals surface area (Å²) in [7, 11) is 0. The van der Waals surface area contributed by atoms with Crippen LogP contribution in [0.4, 0.5) is 0 Å². The van der Waals surface area contributed by atoms with Crippen LogP contribution in [0.5, 0.6) is 0 Å². The molecule has 3 aliphatic carbocycles. The number of fused-ring (bicyclic) bond motifs is 5. The second-order valence-corrected chi connectivity index (χ2v) is 10.3. The van der Waals surface area contributed by atoms with Gasteiger partial charge in [-0.1, -0.05) is 62.2 Å². The molecule has 1 heterocycles. The standard InChI is InChI=1S/C28H30O2S/c1-7-30-23-15-22(20-13-14-31-16-20)25(29)28(21-11-9-8-10-12-21)24(23)26(5)17(2)18(3)27(28,6)19(26)4/h8-16,19H,7H2,1-6H3/t19?,26-,27+,28-/m1/s1. The zero-order valence-electron chi connectivity index (χ0n) is 19.2. The van der Waals surface area contributed by atoms with E-state index >= 15 is 0 Å². The van der Waals surface area contributed by atoms with Gasteiger partial charge in [0.15, 0.2) is 5.78 Å². The molecule has 1 unspecified atom stereocenters. The maximum atomic E-state index is 14.7. The van der Waals surface area contributed by atoms with Gasteiger partial charge in [-0.2, -0.15) is 11.3 Å². The molecule has 31 heavy (non-hydrogen) atoms. The Kier molecular flexibility index (Phi) is 4.34. The number of hydrogen-bond acceptors (Lipinski definition) is 3. The first-order valence-corrected chi connectivity index (χ1v) is 12.1. The summed E-state index contributed by atoms with van der Waals surface area (Å²) in [6.45, 7) is 14.1. The molecule has 1 aromatic carbocycles. The van der Waals surface area contributed by atoms with Crippen molar-refractivity contribution < 1.29 is 9.53 Å². The van der Waals surface area contributed by atoms with Gasteiger partial charge in [-0.05, 0) is 60.7 Å². The Morgan fingerprint density at radius 2 is 1.77 bits per heavy atom. The number of rotatable bonds is 4. The van der Waals surface area contributed by atoms with Crippen LogP contribution in [0.2, 0.25) is 0 Å². The first-order valence-electron chi connectivity index (χ1n) is 11.2. The van der Waals surface area contributed by atoms with Crippen molar-refractivity contribution >= 4 is 22.7 Å². The fourth-order valence-electron chi connectivity index (χ4n) is 7.09. The molecule has 1 aromatic heterocycles. The van der Waals surface area contributed by atoms with E-state index in [2.05, 4.69) is 70.3 Å². The number of benzene rings is 1. The lowest BCUT2D eigenvalue weighted by Crippen LogP contribution is -2.52. The van der Waals surface area contributed by atoms with Crippen molar-refractivity contribution in [1.82, 2.24) is 0 Å². The van der Waals surface area contributed by atoms with E-state index < -0.39 is 5.41 Å². The van der Waals surface area contributed by atoms with E-state index in [1.807, 2.05) is 24.4 Å². The zero-order valence-corrected chi connectivity index (χ0v) is 20.0. The Balaban J connectivity index is 1.96. The molecule has 3 aliphatic rings. The lowest BCUT2D eigenvalue weighted by atomic mass is 9.50. The molecule has 4 atom stereocenters. The maximum Gasteiger partial charge on any atom is 0.179 e. The molecule has 0 saturated heterocycles. The van der Waals surface area contributed by atoms with Gasteiger partial charge in [0.2, 0.25) is 0 Å². The van der Waals surface area contributed by atoms with E-state index in [0.717, 1.165) is 28.0 Å². The summed E-state index contributed by atoms with van der Waals surface area (Å²) in [5.41, 5.74) is 5.45. The molecule has 1 saturated carbocycles. The zero-order chi connectivity index (χ0) is 22.2. The summed E-state index contributed by atoms with van der Waals surface area (Å²) in [4.78, 5) is 14.7. The van der Waals surface area contributed by atoms with Gasteiger partial charge in [0.05, 0.1) is 12.0 Å². The smallest absolute Gasteiger partial charge is 0.179 e. The first kappa shape index (κ1) is 20.5. The van der Waals surface area contributed by atoms with Crippen LogP contribution in [0.3, 0.4) is 0 Å². The molecule has 2 nitrogen and oxygen atoms in total. The van der Waals surface area contributed by atoms with E-state index in [9.17, 15) is 4.79 Å². The minimum Gasteiger partial charge on any atom is -0.494 e. The SMILES string of the molecule is CCOC1=C2[C@]3(C)C(C)=C(C)[C@@](C)(C3C)[C@@]2(c2ccccc2)C(=O)C(c2ccsc2)=C1. The molecule has 160 valence electrons. The normalized spacial score (nSPS) is 34.3. The van der Waals surface area contributed by atoms with Crippen molar-refractivity contribution in [3.63, 3.8) is 0 Å². The third-order valence-electron chi connectivity index (χ3n) is 8.97. The quantitative estimate of drug-likeness (QED) is 0.490. The molecule has 0 aliphatic heterocycles. The Hall–Kier alpha value is -2.39. The van der Waals surface area contributed by atoms with Gasteiger partial charge >= 0.3 is 0 Å². The van der Waals surface area contributed by atoms with Crippen molar-refractivity contribution in [1.29, 1.82) is 0 Å². The number of allylic oxidation sites excluding steroid dienone is 5. The molecule has 0 spiro atoms. The van der Waals surface area contributed by atoms with Gasteiger partial charge < -0.3 is 4.74 Å². The van der Waals surface area contributed by atoms with Gasteiger partial charge in [-0.15, -0.1) is 0 Å². The molecule has 1 fully saturated rings. The molecule has 0 N–H and O–H groups in total. The number of ketones is 1. The number of ether oxygens (including phenoxy) is 1. The van der Waals surface area contributed by atoms with E-state index in [-0.39, 0.29) is 22.5 Å². The number of carbonyl (C=O) groups is 1. The lowest BCUT2D eigenvalue weighted by molar-refractivity contribution is -0.121. The van der Waals surface area contributed by atoms with Crippen LogP contribution < -0.4 is 0 Å². The fraction of sp³-hybridized carbons (Fsp3) is 0.393. The van der Waals surface area contributed by atoms with Crippen molar-refractivity contribution in [2.75, 3.05) is 6.61 Å². The Morgan fingerprint density at radius 3 is 2.39 bits per heavy atom. The van der Waals surface area contributed by atoms with Crippen LogP contribution >= 0.6 is 11.3 Å². The number of carbonyl (C=O) groups excluding carboxylic acids is 1. The average Bonchev–Trinajstić information content (AvgIpc) is 3.39. The molecule has 0 amide bonds. The van der Waals surface area contributed by atoms with E-state index in [1.165, 1.54) is 11.1 Å². The third kappa shape index (κ3) is 2.11. The number of hydrogen-bond donors (Lipinski definition) is 0. The molecular weight excluding hydrogens is 400 g/mol. The van der Waals surface area contributed by atoms with Gasteiger partial charge in [0.1, 0.15) is 5.76 Å². The topological polar surface area (TPSA) is 26.3 Å². The second-order valence-electron chi connectivity index (χ2n) is 9.56. The average molecular weight is 431 g/mol. The second kappa shape index (κ2) is 6.56. The monoisotopic (exact) mass is 430 g/mol. The van der Waals surface area contributed by atoms with Gasteiger partial charge in [0, 0.05) is 22.0 Å². The highest BCUT2D eigenvalue weighted by atomic mass is 32.1. The Bertz CT molecular complexity index is 1170. The van der Waals surface area contributed by atoms with Gasteiger partial charge in [-0.25, -0.2) is 0 Å². The molecular formula is C28H30O2S. The van der Waals surface area contributed by atoms with Crippen LogP contribution in [-0.4, -0.2) is 12.4 Å². The minimum absolute atomic E-state index is 0.209. The van der Waals surface area contributed by atoms with Crippen molar-refractivity contribution in [3.05, 3.63) is 86.8 Å². The fourth-order valence-corrected chi connectivity index (χ4v) is 7.75. The maximum absolute atomic E-state index is 14.7. The van der Waals surface area contributed by atoms with Gasteiger partial charge in [0.25, 0.3) is 0 Å². The molecule has 5 rings (SSSR count). The summed E-state index contributed by atoms with van der Waals surface area (Å²) < 4.78 is 6.35. The van der Waals surface area contributed by atoms with E-state index in [4.69, 9.17) is 4.74 Å². The highest BCUT2D eigenvalue weighted by Gasteiger charge is 2.77. The first-order chi connectivity index (χ1) is 14.8. The van der Waals surface area contributed by atoms with Gasteiger partial charge in [-0.3, -0.25) is 4.79 Å². The van der Waals surface area contributed by atoms with Crippen LogP contribution in [-0.2, 0) is 14.9 Å². The van der Waals surface area contributed by atoms with E-state index in [1.54, 1.807) is 11.3 Å². The largest absolute Gasteiger partial charge is 0.494 e. The summed E-state index contributed by atoms with van der Waals surface area (Å²) in [6.07, 6.45) is 2.02. The predicted molar refractivity (Wildman–Crippen MR) is 128 cm³/mol. The number of thiophene rings is 1. The number of Topliss-reactive ketones (excluding diaryl/α,β-unsaturated/α-hetero) is 1. The van der Waals surface area contributed by atoms with Crippen LogP contribution in [0.25, 0.3) is 5.57 Å². The van der Waals surface area contributed by atoms with Crippen LogP contribution in [0.15, 0.2) is 75.7 Å². The van der Waals surface area contributed by atoms with Crippen LogP contribution in [0.1, 0.15) is 52.7 Å². The summed E-state index contributed by atoms with van der Waals surface area (Å²) in [5.74, 6) is 1.38. The minimum atomic E-state index is -0.761. The van der Waals surface area contributed by atoms with E-state index in [0.29, 0.717) is 6.61 Å². The Morgan fingerprint density at radius 1 is 1.06 bits per heavy atom. The molecule has 2 bridgehead atoms. The van der Waals surface area contributed by atoms with Crippen molar-refractivity contribution in [2.24, 2.45) is 16.7 Å². The van der Waals surface area contributed by atoms with Crippen LogP contribution in [0, 0.1) is 16.7 Å². The molecule has 0 radical (unpaired) electrons. The summed E-state index contributed by atoms with van der Waals surface area (Å²) in [5, 5.41) is 4.12. The Labute approximate surface area is 189 Å². The summed E-state index contributed by atoms with van der Waals surface area (Å²) >= 11 is 1.63.